The van der Waals surface area contributed by atoms with Gasteiger partial charge < -0.3 is 14.9 Å². The highest BCUT2D eigenvalue weighted by Gasteiger charge is 2.50. The molecule has 5 heteroatoms. The minimum absolute atomic E-state index is 0.236. The van der Waals surface area contributed by atoms with Crippen LogP contribution in [0.15, 0.2) is 24.3 Å². The fraction of sp³-hybridized carbons (Fsp3) is 0.467. The summed E-state index contributed by atoms with van der Waals surface area (Å²) in [5.41, 5.74) is 0.953. The summed E-state index contributed by atoms with van der Waals surface area (Å²) in [6.45, 7) is 0. The molecule has 1 aromatic carbocycles. The minimum Gasteiger partial charge on any atom is -0.496 e. The standard InChI is InChI=1S/C15H18O5/c1-20-13-5-3-2-4-9(13)6-7-10(14(16)17)11-8-12(11)15(18)19/h2-5,10-12H,6-8H2,1H3,(H,16,17)(H,18,19). The number of hydrogen-bond acceptors (Lipinski definition) is 3. The van der Waals surface area contributed by atoms with Crippen LogP contribution in [0, 0.1) is 17.8 Å². The molecule has 5 nitrogen and oxygen atoms in total. The first kappa shape index (κ1) is 14.4. The molecule has 2 N–H and O–H groups in total. The fourth-order valence-corrected chi connectivity index (χ4v) is 2.68. The van der Waals surface area contributed by atoms with E-state index in [0.717, 1.165) is 11.3 Å². The molecule has 3 unspecified atom stereocenters. The maximum absolute atomic E-state index is 11.3. The molecule has 2 rings (SSSR count). The van der Waals surface area contributed by atoms with E-state index in [0.29, 0.717) is 19.3 Å². The molecular weight excluding hydrogens is 260 g/mol. The number of carboxylic acids is 2. The van der Waals surface area contributed by atoms with Gasteiger partial charge in [-0.1, -0.05) is 18.2 Å². The molecule has 1 fully saturated rings. The van der Waals surface area contributed by atoms with Crippen LogP contribution in [0.4, 0.5) is 0 Å². The van der Waals surface area contributed by atoms with Gasteiger partial charge in [0.25, 0.3) is 0 Å². The lowest BCUT2D eigenvalue weighted by molar-refractivity contribution is -0.143. The van der Waals surface area contributed by atoms with Crippen LogP contribution in [0.2, 0.25) is 0 Å². The second kappa shape index (κ2) is 5.94. The number of aliphatic carboxylic acids is 2. The number of methoxy groups -OCH3 is 1. The van der Waals surface area contributed by atoms with E-state index < -0.39 is 23.8 Å². The normalized spacial score (nSPS) is 22.1. The number of aryl methyl sites for hydroxylation is 1. The van der Waals surface area contributed by atoms with Crippen LogP contribution in [0.1, 0.15) is 18.4 Å². The maximum atomic E-state index is 11.3. The van der Waals surface area contributed by atoms with Crippen molar-refractivity contribution in [2.24, 2.45) is 17.8 Å². The lowest BCUT2D eigenvalue weighted by atomic mass is 9.93. The van der Waals surface area contributed by atoms with Crippen molar-refractivity contribution >= 4 is 11.9 Å². The van der Waals surface area contributed by atoms with Crippen LogP contribution in [0.25, 0.3) is 0 Å². The zero-order chi connectivity index (χ0) is 14.7. The molecule has 0 saturated heterocycles. The van der Waals surface area contributed by atoms with Crippen LogP contribution >= 0.6 is 0 Å². The molecule has 1 saturated carbocycles. The molecule has 0 radical (unpaired) electrons. The summed E-state index contributed by atoms with van der Waals surface area (Å²) >= 11 is 0. The molecule has 0 aliphatic heterocycles. The van der Waals surface area contributed by atoms with Gasteiger partial charge in [0.1, 0.15) is 5.75 Å². The Morgan fingerprint density at radius 3 is 2.60 bits per heavy atom. The summed E-state index contributed by atoms with van der Waals surface area (Å²) in [4.78, 5) is 22.2. The molecule has 0 bridgehead atoms. The summed E-state index contributed by atoms with van der Waals surface area (Å²) < 4.78 is 5.23. The van der Waals surface area contributed by atoms with Gasteiger partial charge in [0.15, 0.2) is 0 Å². The molecular formula is C15H18O5. The summed E-state index contributed by atoms with van der Waals surface area (Å²) in [6, 6.07) is 7.48. The zero-order valence-corrected chi connectivity index (χ0v) is 11.3. The van der Waals surface area contributed by atoms with Gasteiger partial charge in [-0.25, -0.2) is 0 Å². The van der Waals surface area contributed by atoms with Crippen LogP contribution in [0.3, 0.4) is 0 Å². The molecule has 0 amide bonds. The average Bonchev–Trinajstić information content (AvgIpc) is 3.19. The van der Waals surface area contributed by atoms with E-state index in [2.05, 4.69) is 0 Å². The predicted octanol–water partition coefficient (Wildman–Crippen LogP) is 2.05. The third-order valence-electron chi connectivity index (χ3n) is 3.91. The first-order valence-electron chi connectivity index (χ1n) is 6.62. The average molecular weight is 278 g/mol. The van der Waals surface area contributed by atoms with E-state index in [-0.39, 0.29) is 5.92 Å². The molecule has 0 spiro atoms. The lowest BCUT2D eigenvalue weighted by Gasteiger charge is -2.13. The fourth-order valence-electron chi connectivity index (χ4n) is 2.68. The first-order valence-corrected chi connectivity index (χ1v) is 6.62. The van der Waals surface area contributed by atoms with Gasteiger partial charge in [-0.2, -0.15) is 0 Å². The van der Waals surface area contributed by atoms with E-state index in [4.69, 9.17) is 9.84 Å². The Hall–Kier alpha value is -2.04. The van der Waals surface area contributed by atoms with Crippen molar-refractivity contribution in [3.05, 3.63) is 29.8 Å². The van der Waals surface area contributed by atoms with E-state index >= 15 is 0 Å². The van der Waals surface area contributed by atoms with Crippen molar-refractivity contribution in [1.29, 1.82) is 0 Å². The van der Waals surface area contributed by atoms with Crippen LogP contribution in [-0.4, -0.2) is 29.3 Å². The van der Waals surface area contributed by atoms with Gasteiger partial charge in [-0.05, 0) is 36.8 Å². The van der Waals surface area contributed by atoms with Crippen molar-refractivity contribution in [1.82, 2.24) is 0 Å². The molecule has 3 atom stereocenters. The topological polar surface area (TPSA) is 83.8 Å². The Kier molecular flexibility index (Phi) is 4.27. The highest BCUT2D eigenvalue weighted by atomic mass is 16.5. The second-order valence-corrected chi connectivity index (χ2v) is 5.14. The van der Waals surface area contributed by atoms with E-state index in [9.17, 15) is 14.7 Å². The molecule has 0 aromatic heterocycles. The molecule has 1 aliphatic carbocycles. The first-order chi connectivity index (χ1) is 9.54. The Labute approximate surface area is 117 Å². The molecule has 1 aliphatic rings. The smallest absolute Gasteiger partial charge is 0.306 e. The number of ether oxygens (including phenoxy) is 1. The molecule has 108 valence electrons. The SMILES string of the molecule is COc1ccccc1CCC(C(=O)O)C1CC1C(=O)O. The third kappa shape index (κ3) is 3.10. The van der Waals surface area contributed by atoms with Gasteiger partial charge >= 0.3 is 11.9 Å². The van der Waals surface area contributed by atoms with Crippen molar-refractivity contribution in [3.63, 3.8) is 0 Å². The van der Waals surface area contributed by atoms with Gasteiger partial charge in [-0.3, -0.25) is 9.59 Å². The summed E-state index contributed by atoms with van der Waals surface area (Å²) in [5, 5.41) is 18.2. The van der Waals surface area contributed by atoms with Crippen molar-refractivity contribution in [2.45, 2.75) is 19.3 Å². The zero-order valence-electron chi connectivity index (χ0n) is 11.3. The van der Waals surface area contributed by atoms with Gasteiger partial charge in [0.2, 0.25) is 0 Å². The summed E-state index contributed by atoms with van der Waals surface area (Å²) in [5.74, 6) is -2.39. The van der Waals surface area contributed by atoms with E-state index in [1.54, 1.807) is 7.11 Å². The lowest BCUT2D eigenvalue weighted by Crippen LogP contribution is -2.19. The Bertz CT molecular complexity index is 511. The van der Waals surface area contributed by atoms with E-state index in [1.807, 2.05) is 24.3 Å². The second-order valence-electron chi connectivity index (χ2n) is 5.14. The Morgan fingerprint density at radius 2 is 2.05 bits per heavy atom. The number of carbonyl (C=O) groups is 2. The monoisotopic (exact) mass is 278 g/mol. The Morgan fingerprint density at radius 1 is 1.35 bits per heavy atom. The third-order valence-corrected chi connectivity index (χ3v) is 3.91. The maximum Gasteiger partial charge on any atom is 0.306 e. The highest BCUT2D eigenvalue weighted by Crippen LogP contribution is 2.46. The number of carboxylic acid groups (broad SMARTS) is 2. The van der Waals surface area contributed by atoms with Crippen molar-refractivity contribution in [2.75, 3.05) is 7.11 Å². The summed E-state index contributed by atoms with van der Waals surface area (Å²) in [6.07, 6.45) is 1.48. The van der Waals surface area contributed by atoms with Crippen molar-refractivity contribution < 1.29 is 24.5 Å². The summed E-state index contributed by atoms with van der Waals surface area (Å²) in [7, 11) is 1.58. The van der Waals surface area contributed by atoms with E-state index in [1.165, 1.54) is 0 Å². The number of para-hydroxylation sites is 1. The van der Waals surface area contributed by atoms with Gasteiger partial charge in [-0.15, -0.1) is 0 Å². The van der Waals surface area contributed by atoms with Gasteiger partial charge in [0.05, 0.1) is 18.9 Å². The van der Waals surface area contributed by atoms with Crippen molar-refractivity contribution in [3.8, 4) is 5.75 Å². The predicted molar refractivity (Wildman–Crippen MR) is 71.7 cm³/mol. The number of rotatable bonds is 7. The number of benzene rings is 1. The Balaban J connectivity index is 2.00. The molecule has 0 heterocycles. The van der Waals surface area contributed by atoms with Crippen LogP contribution in [0.5, 0.6) is 5.75 Å². The van der Waals surface area contributed by atoms with Crippen LogP contribution in [-0.2, 0) is 16.0 Å². The van der Waals surface area contributed by atoms with Crippen LogP contribution < -0.4 is 4.74 Å². The van der Waals surface area contributed by atoms with Gasteiger partial charge in [0, 0.05) is 0 Å². The minimum atomic E-state index is -0.909. The molecule has 1 aromatic rings. The molecule has 20 heavy (non-hydrogen) atoms. The quantitative estimate of drug-likeness (QED) is 0.797. The largest absolute Gasteiger partial charge is 0.496 e. The highest BCUT2D eigenvalue weighted by molar-refractivity contribution is 5.77. The number of hydrogen-bond donors (Lipinski definition) is 2.